The molecule has 3 nitrogen and oxygen atoms in total. The second-order valence-corrected chi connectivity index (χ2v) is 6.38. The van der Waals surface area contributed by atoms with Gasteiger partial charge >= 0.3 is 0 Å². The lowest BCUT2D eigenvalue weighted by molar-refractivity contribution is 0.102. The Morgan fingerprint density at radius 2 is 2.10 bits per heavy atom. The number of nitrogens with one attached hydrogen (secondary N) is 1. The topological polar surface area (TPSA) is 42.0 Å². The van der Waals surface area contributed by atoms with Crippen molar-refractivity contribution < 1.29 is 9.18 Å². The van der Waals surface area contributed by atoms with Gasteiger partial charge in [-0.25, -0.2) is 9.37 Å². The maximum absolute atomic E-state index is 13.6. The molecule has 0 saturated heterocycles. The molecule has 2 aromatic carbocycles. The predicted molar refractivity (Wildman–Crippen MR) is 85.8 cm³/mol. The van der Waals surface area contributed by atoms with Crippen LogP contribution in [0.2, 0.25) is 0 Å². The number of anilines is 1. The molecule has 1 heterocycles. The molecule has 0 unspecified atom stereocenters. The SMILES string of the molecule is CSc1nc2ccc(NC(=O)c3ccccc3F)cc2s1. The van der Waals surface area contributed by atoms with Crippen molar-refractivity contribution in [2.75, 3.05) is 11.6 Å². The van der Waals surface area contributed by atoms with E-state index in [0.717, 1.165) is 14.6 Å². The molecule has 1 amide bonds. The van der Waals surface area contributed by atoms with E-state index in [1.807, 2.05) is 18.4 Å². The normalized spacial score (nSPS) is 10.8. The second kappa shape index (κ2) is 5.83. The van der Waals surface area contributed by atoms with Gasteiger partial charge in [-0.3, -0.25) is 4.79 Å². The molecule has 0 aliphatic heterocycles. The fraction of sp³-hybridized carbons (Fsp3) is 0.0667. The molecule has 0 bridgehead atoms. The summed E-state index contributed by atoms with van der Waals surface area (Å²) in [4.78, 5) is 16.5. The maximum atomic E-state index is 13.6. The summed E-state index contributed by atoms with van der Waals surface area (Å²) in [5, 5.41) is 2.71. The van der Waals surface area contributed by atoms with Gasteiger partial charge in [0.1, 0.15) is 5.82 Å². The molecular weight excluding hydrogens is 307 g/mol. The van der Waals surface area contributed by atoms with Crippen LogP contribution in [0, 0.1) is 5.82 Å². The van der Waals surface area contributed by atoms with E-state index in [9.17, 15) is 9.18 Å². The number of fused-ring (bicyclic) bond motifs is 1. The van der Waals surface area contributed by atoms with Gasteiger partial charge < -0.3 is 5.32 Å². The quantitative estimate of drug-likeness (QED) is 0.727. The number of thioether (sulfide) groups is 1. The number of rotatable bonds is 3. The highest BCUT2D eigenvalue weighted by Gasteiger charge is 2.11. The molecule has 21 heavy (non-hydrogen) atoms. The predicted octanol–water partition coefficient (Wildman–Crippen LogP) is 4.41. The van der Waals surface area contributed by atoms with Gasteiger partial charge in [-0.2, -0.15) is 0 Å². The smallest absolute Gasteiger partial charge is 0.258 e. The summed E-state index contributed by atoms with van der Waals surface area (Å²) < 4.78 is 15.5. The molecule has 0 radical (unpaired) electrons. The lowest BCUT2D eigenvalue weighted by atomic mass is 10.2. The lowest BCUT2D eigenvalue weighted by Crippen LogP contribution is -2.13. The Bertz CT molecular complexity index is 816. The van der Waals surface area contributed by atoms with E-state index < -0.39 is 11.7 Å². The molecule has 0 atom stereocenters. The maximum Gasteiger partial charge on any atom is 0.258 e. The van der Waals surface area contributed by atoms with Crippen molar-refractivity contribution >= 4 is 44.9 Å². The summed E-state index contributed by atoms with van der Waals surface area (Å²) in [7, 11) is 0. The molecular formula is C15H11FN2OS2. The van der Waals surface area contributed by atoms with Crippen LogP contribution in [0.25, 0.3) is 10.2 Å². The summed E-state index contributed by atoms with van der Waals surface area (Å²) in [6.45, 7) is 0. The van der Waals surface area contributed by atoms with Crippen LogP contribution in [0.4, 0.5) is 10.1 Å². The minimum atomic E-state index is -0.529. The highest BCUT2D eigenvalue weighted by Crippen LogP contribution is 2.30. The Hall–Kier alpha value is -1.92. The summed E-state index contributed by atoms with van der Waals surface area (Å²) in [6.07, 6.45) is 1.97. The number of amides is 1. The van der Waals surface area contributed by atoms with Crippen LogP contribution in [-0.2, 0) is 0 Å². The third-order valence-electron chi connectivity index (χ3n) is 2.92. The molecule has 0 saturated carbocycles. The zero-order chi connectivity index (χ0) is 14.8. The van der Waals surface area contributed by atoms with E-state index in [-0.39, 0.29) is 5.56 Å². The van der Waals surface area contributed by atoms with E-state index in [4.69, 9.17) is 0 Å². The molecule has 0 aliphatic carbocycles. The molecule has 1 N–H and O–H groups in total. The van der Waals surface area contributed by atoms with Gasteiger partial charge in [0.25, 0.3) is 5.91 Å². The Kier molecular flexibility index (Phi) is 3.90. The van der Waals surface area contributed by atoms with Gasteiger partial charge in [-0.05, 0) is 36.6 Å². The highest BCUT2D eigenvalue weighted by atomic mass is 32.2. The number of carbonyl (C=O) groups is 1. The summed E-state index contributed by atoms with van der Waals surface area (Å²) in [5.41, 5.74) is 1.56. The first-order valence-electron chi connectivity index (χ1n) is 6.18. The molecule has 0 aliphatic rings. The number of hydrogen-bond donors (Lipinski definition) is 1. The van der Waals surface area contributed by atoms with Gasteiger partial charge in [-0.1, -0.05) is 23.9 Å². The highest BCUT2D eigenvalue weighted by molar-refractivity contribution is 8.00. The number of thiazole rings is 1. The largest absolute Gasteiger partial charge is 0.322 e. The van der Waals surface area contributed by atoms with E-state index in [2.05, 4.69) is 10.3 Å². The van der Waals surface area contributed by atoms with Crippen LogP contribution in [0.15, 0.2) is 46.8 Å². The first kappa shape index (κ1) is 14.0. The van der Waals surface area contributed by atoms with Gasteiger partial charge in [-0.15, -0.1) is 11.3 Å². The van der Waals surface area contributed by atoms with Crippen molar-refractivity contribution in [2.24, 2.45) is 0 Å². The van der Waals surface area contributed by atoms with Gasteiger partial charge in [0.2, 0.25) is 0 Å². The molecule has 106 valence electrons. The monoisotopic (exact) mass is 318 g/mol. The Morgan fingerprint density at radius 3 is 2.86 bits per heavy atom. The summed E-state index contributed by atoms with van der Waals surface area (Å²) in [5.74, 6) is -0.986. The zero-order valence-electron chi connectivity index (χ0n) is 11.1. The van der Waals surface area contributed by atoms with Crippen molar-refractivity contribution in [1.82, 2.24) is 4.98 Å². The average molecular weight is 318 g/mol. The Labute approximate surface area is 129 Å². The third-order valence-corrected chi connectivity index (χ3v) is 4.92. The summed E-state index contributed by atoms with van der Waals surface area (Å²) >= 11 is 3.15. The third kappa shape index (κ3) is 2.91. The van der Waals surface area contributed by atoms with Gasteiger partial charge in [0.15, 0.2) is 4.34 Å². The van der Waals surface area contributed by atoms with Crippen LogP contribution in [0.3, 0.4) is 0 Å². The molecule has 3 aromatic rings. The number of hydrogen-bond acceptors (Lipinski definition) is 4. The number of benzene rings is 2. The molecule has 6 heteroatoms. The second-order valence-electron chi connectivity index (χ2n) is 4.30. The van der Waals surface area contributed by atoms with Gasteiger partial charge in [0, 0.05) is 5.69 Å². The Morgan fingerprint density at radius 1 is 1.29 bits per heavy atom. The van der Waals surface area contributed by atoms with Crippen molar-refractivity contribution in [2.45, 2.75) is 4.34 Å². The van der Waals surface area contributed by atoms with E-state index in [0.29, 0.717) is 5.69 Å². The zero-order valence-corrected chi connectivity index (χ0v) is 12.7. The molecule has 0 fully saturated rings. The van der Waals surface area contributed by atoms with Crippen molar-refractivity contribution in [3.05, 3.63) is 53.8 Å². The molecule has 0 spiro atoms. The van der Waals surface area contributed by atoms with Crippen LogP contribution in [0.1, 0.15) is 10.4 Å². The lowest BCUT2D eigenvalue weighted by Gasteiger charge is -2.05. The van der Waals surface area contributed by atoms with E-state index in [1.54, 1.807) is 41.3 Å². The van der Waals surface area contributed by atoms with Crippen molar-refractivity contribution in [3.8, 4) is 0 Å². The first-order chi connectivity index (χ1) is 10.2. The Balaban J connectivity index is 1.87. The van der Waals surface area contributed by atoms with Crippen LogP contribution >= 0.6 is 23.1 Å². The number of halogens is 1. The van der Waals surface area contributed by atoms with E-state index in [1.165, 1.54) is 12.1 Å². The number of nitrogens with zero attached hydrogens (tertiary/aromatic N) is 1. The fourth-order valence-corrected chi connectivity index (χ4v) is 3.44. The fourth-order valence-electron chi connectivity index (χ4n) is 1.91. The minimum absolute atomic E-state index is 0.0340. The standard InChI is InChI=1S/C15H11FN2OS2/c1-20-15-18-12-7-6-9(8-13(12)21-15)17-14(19)10-4-2-3-5-11(10)16/h2-8H,1H3,(H,17,19). The van der Waals surface area contributed by atoms with E-state index >= 15 is 0 Å². The summed E-state index contributed by atoms with van der Waals surface area (Å²) in [6, 6.07) is 11.4. The van der Waals surface area contributed by atoms with Crippen molar-refractivity contribution in [1.29, 1.82) is 0 Å². The number of aromatic nitrogens is 1. The first-order valence-corrected chi connectivity index (χ1v) is 8.22. The van der Waals surface area contributed by atoms with Crippen LogP contribution < -0.4 is 5.32 Å². The van der Waals surface area contributed by atoms with Crippen LogP contribution in [0.5, 0.6) is 0 Å². The van der Waals surface area contributed by atoms with Gasteiger partial charge in [0.05, 0.1) is 15.8 Å². The van der Waals surface area contributed by atoms with Crippen LogP contribution in [-0.4, -0.2) is 17.1 Å². The van der Waals surface area contributed by atoms with Crippen molar-refractivity contribution in [3.63, 3.8) is 0 Å². The number of carbonyl (C=O) groups excluding carboxylic acids is 1. The average Bonchev–Trinajstić information content (AvgIpc) is 2.90. The molecule has 3 rings (SSSR count). The molecule has 1 aromatic heterocycles. The minimum Gasteiger partial charge on any atom is -0.322 e.